The topological polar surface area (TPSA) is 26.0 Å². The molecule has 1 aromatic rings. The minimum atomic E-state index is -4.14. The van der Waals surface area contributed by atoms with Gasteiger partial charge in [-0.2, -0.15) is 13.2 Å². The van der Waals surface area contributed by atoms with Crippen molar-refractivity contribution in [3.63, 3.8) is 0 Å². The standard InChI is InChI=1S/C15H22F3N/c1-4-14(2,3)12-7-5-11(6-8-12)13(19)9-10-15(16,17)18/h5-8,13H,4,9-10,19H2,1-3H3. The highest BCUT2D eigenvalue weighted by atomic mass is 19.4. The van der Waals surface area contributed by atoms with E-state index in [4.69, 9.17) is 5.73 Å². The molecule has 0 aliphatic carbocycles. The summed E-state index contributed by atoms with van der Waals surface area (Å²) in [5.41, 5.74) is 7.82. The van der Waals surface area contributed by atoms with E-state index in [1.54, 1.807) is 0 Å². The van der Waals surface area contributed by atoms with Crippen molar-refractivity contribution in [1.29, 1.82) is 0 Å². The summed E-state index contributed by atoms with van der Waals surface area (Å²) >= 11 is 0. The summed E-state index contributed by atoms with van der Waals surface area (Å²) in [6.07, 6.45) is -4.04. The fraction of sp³-hybridized carbons (Fsp3) is 0.600. The predicted molar refractivity (Wildman–Crippen MR) is 72.0 cm³/mol. The summed E-state index contributed by atoms with van der Waals surface area (Å²) in [5, 5.41) is 0. The van der Waals surface area contributed by atoms with Crippen molar-refractivity contribution < 1.29 is 13.2 Å². The van der Waals surface area contributed by atoms with Gasteiger partial charge in [0.1, 0.15) is 0 Å². The first-order valence-corrected chi connectivity index (χ1v) is 6.58. The van der Waals surface area contributed by atoms with Crippen LogP contribution in [0.25, 0.3) is 0 Å². The number of nitrogens with two attached hydrogens (primary N) is 1. The Morgan fingerprint density at radius 2 is 1.63 bits per heavy atom. The van der Waals surface area contributed by atoms with Crippen LogP contribution in [0.5, 0.6) is 0 Å². The van der Waals surface area contributed by atoms with Crippen molar-refractivity contribution in [3.05, 3.63) is 35.4 Å². The summed E-state index contributed by atoms with van der Waals surface area (Å²) in [4.78, 5) is 0. The molecule has 0 saturated carbocycles. The van der Waals surface area contributed by atoms with Gasteiger partial charge in [0.15, 0.2) is 0 Å². The van der Waals surface area contributed by atoms with E-state index in [9.17, 15) is 13.2 Å². The zero-order valence-corrected chi connectivity index (χ0v) is 11.7. The van der Waals surface area contributed by atoms with Crippen LogP contribution in [0.4, 0.5) is 13.2 Å². The van der Waals surface area contributed by atoms with Crippen LogP contribution < -0.4 is 5.73 Å². The van der Waals surface area contributed by atoms with E-state index in [1.807, 2.05) is 24.3 Å². The number of hydrogen-bond donors (Lipinski definition) is 1. The molecule has 0 aliphatic heterocycles. The summed E-state index contributed by atoms with van der Waals surface area (Å²) in [6, 6.07) is 7.06. The molecule has 1 rings (SSSR count). The average Bonchev–Trinajstić information content (AvgIpc) is 2.35. The molecule has 0 amide bonds. The molecule has 0 bridgehead atoms. The second-order valence-electron chi connectivity index (χ2n) is 5.62. The summed E-state index contributed by atoms with van der Waals surface area (Å²) in [7, 11) is 0. The van der Waals surface area contributed by atoms with Crippen molar-refractivity contribution >= 4 is 0 Å². The lowest BCUT2D eigenvalue weighted by Crippen LogP contribution is -2.17. The van der Waals surface area contributed by atoms with Gasteiger partial charge in [0.25, 0.3) is 0 Å². The molecule has 0 heterocycles. The quantitative estimate of drug-likeness (QED) is 0.825. The third-order valence-electron chi connectivity index (χ3n) is 3.74. The molecule has 0 saturated heterocycles. The van der Waals surface area contributed by atoms with Crippen LogP contribution in [0.3, 0.4) is 0 Å². The molecule has 0 aliphatic rings. The molecule has 4 heteroatoms. The van der Waals surface area contributed by atoms with E-state index in [-0.39, 0.29) is 11.8 Å². The fourth-order valence-electron chi connectivity index (χ4n) is 1.87. The monoisotopic (exact) mass is 273 g/mol. The van der Waals surface area contributed by atoms with Crippen molar-refractivity contribution in [2.24, 2.45) is 5.73 Å². The average molecular weight is 273 g/mol. The Balaban J connectivity index is 2.71. The van der Waals surface area contributed by atoms with E-state index in [2.05, 4.69) is 20.8 Å². The zero-order chi connectivity index (χ0) is 14.7. The summed E-state index contributed by atoms with van der Waals surface area (Å²) < 4.78 is 36.4. The number of halogens is 3. The van der Waals surface area contributed by atoms with E-state index >= 15 is 0 Å². The molecule has 1 aromatic carbocycles. The van der Waals surface area contributed by atoms with Gasteiger partial charge in [0.05, 0.1) is 0 Å². The van der Waals surface area contributed by atoms with E-state index in [0.29, 0.717) is 0 Å². The first-order valence-electron chi connectivity index (χ1n) is 6.58. The molecule has 0 radical (unpaired) electrons. The zero-order valence-electron chi connectivity index (χ0n) is 11.7. The lowest BCUT2D eigenvalue weighted by Gasteiger charge is -2.24. The SMILES string of the molecule is CCC(C)(C)c1ccc(C(N)CCC(F)(F)F)cc1. The van der Waals surface area contributed by atoms with Crippen LogP contribution in [0, 0.1) is 0 Å². The largest absolute Gasteiger partial charge is 0.389 e. The van der Waals surface area contributed by atoms with Gasteiger partial charge in [-0.05, 0) is 29.4 Å². The molecule has 1 unspecified atom stereocenters. The fourth-order valence-corrected chi connectivity index (χ4v) is 1.87. The van der Waals surface area contributed by atoms with E-state index < -0.39 is 18.6 Å². The van der Waals surface area contributed by atoms with Gasteiger partial charge in [0, 0.05) is 12.5 Å². The summed E-state index contributed by atoms with van der Waals surface area (Å²) in [5.74, 6) is 0. The minimum Gasteiger partial charge on any atom is -0.324 e. The van der Waals surface area contributed by atoms with E-state index in [1.165, 1.54) is 5.56 Å². The molecule has 2 N–H and O–H groups in total. The van der Waals surface area contributed by atoms with Crippen LogP contribution in [0.1, 0.15) is 57.2 Å². The maximum Gasteiger partial charge on any atom is 0.389 e. The molecule has 108 valence electrons. The Kier molecular flexibility index (Phi) is 5.02. The normalized spacial score (nSPS) is 14.5. The number of rotatable bonds is 5. The van der Waals surface area contributed by atoms with Crippen molar-refractivity contribution in [2.45, 2.75) is 57.7 Å². The van der Waals surface area contributed by atoms with Crippen LogP contribution in [-0.2, 0) is 5.41 Å². The second-order valence-corrected chi connectivity index (χ2v) is 5.62. The van der Waals surface area contributed by atoms with Gasteiger partial charge in [-0.15, -0.1) is 0 Å². The van der Waals surface area contributed by atoms with Gasteiger partial charge in [-0.3, -0.25) is 0 Å². The van der Waals surface area contributed by atoms with Crippen LogP contribution >= 0.6 is 0 Å². The Hall–Kier alpha value is -1.03. The third-order valence-corrected chi connectivity index (χ3v) is 3.74. The molecular weight excluding hydrogens is 251 g/mol. The Bertz CT molecular complexity index is 393. The van der Waals surface area contributed by atoms with Crippen LogP contribution in [0.2, 0.25) is 0 Å². The van der Waals surface area contributed by atoms with Gasteiger partial charge in [-0.1, -0.05) is 45.0 Å². The third kappa shape index (κ3) is 4.86. The highest BCUT2D eigenvalue weighted by Gasteiger charge is 2.28. The van der Waals surface area contributed by atoms with Crippen molar-refractivity contribution in [1.82, 2.24) is 0 Å². The molecule has 0 fully saturated rings. The second kappa shape index (κ2) is 5.95. The summed E-state index contributed by atoms with van der Waals surface area (Å²) in [6.45, 7) is 6.40. The smallest absolute Gasteiger partial charge is 0.324 e. The first-order chi connectivity index (χ1) is 8.65. The van der Waals surface area contributed by atoms with E-state index in [0.717, 1.165) is 12.0 Å². The van der Waals surface area contributed by atoms with Crippen LogP contribution in [-0.4, -0.2) is 6.18 Å². The van der Waals surface area contributed by atoms with Crippen LogP contribution in [0.15, 0.2) is 24.3 Å². The Labute approximate surface area is 113 Å². The Morgan fingerprint density at radius 3 is 2.05 bits per heavy atom. The van der Waals surface area contributed by atoms with Gasteiger partial charge in [0.2, 0.25) is 0 Å². The molecule has 0 spiro atoms. The Morgan fingerprint density at radius 1 is 1.11 bits per heavy atom. The van der Waals surface area contributed by atoms with Gasteiger partial charge in [-0.25, -0.2) is 0 Å². The van der Waals surface area contributed by atoms with Crippen molar-refractivity contribution in [2.75, 3.05) is 0 Å². The molecular formula is C15H22F3N. The lowest BCUT2D eigenvalue weighted by molar-refractivity contribution is -0.136. The number of benzene rings is 1. The number of hydrogen-bond acceptors (Lipinski definition) is 1. The molecule has 1 atom stereocenters. The first kappa shape index (κ1) is 16.0. The highest BCUT2D eigenvalue weighted by molar-refractivity contribution is 5.29. The molecule has 0 aromatic heterocycles. The lowest BCUT2D eigenvalue weighted by atomic mass is 9.81. The highest BCUT2D eigenvalue weighted by Crippen LogP contribution is 2.29. The minimum absolute atomic E-state index is 0.0694. The van der Waals surface area contributed by atoms with Crippen molar-refractivity contribution in [3.8, 4) is 0 Å². The molecule has 19 heavy (non-hydrogen) atoms. The predicted octanol–water partition coefficient (Wildman–Crippen LogP) is 4.72. The maximum atomic E-state index is 12.1. The molecule has 1 nitrogen and oxygen atoms in total. The maximum absolute atomic E-state index is 12.1. The van der Waals surface area contributed by atoms with Gasteiger partial charge >= 0.3 is 6.18 Å². The van der Waals surface area contributed by atoms with Gasteiger partial charge < -0.3 is 5.73 Å². The number of alkyl halides is 3.